The number of benzene rings is 2. The third-order valence-corrected chi connectivity index (χ3v) is 9.04. The minimum Gasteiger partial charge on any atom is -0.323 e. The number of nitrogens with zero attached hydrogens (tertiary/aromatic N) is 3. The molecule has 2 aromatic rings. The highest BCUT2D eigenvalue weighted by molar-refractivity contribution is 5.75. The van der Waals surface area contributed by atoms with Gasteiger partial charge in [0.15, 0.2) is 0 Å². The largest absolute Gasteiger partial charge is 0.416 e. The lowest BCUT2D eigenvalue weighted by atomic mass is 9.82. The number of hydrogen-bond donors (Lipinski definition) is 0. The summed E-state index contributed by atoms with van der Waals surface area (Å²) in [5.74, 6) is -0.394. The molecule has 1 unspecified atom stereocenters. The van der Waals surface area contributed by atoms with Crippen molar-refractivity contribution >= 4 is 6.03 Å². The molecule has 2 aliphatic heterocycles. The third kappa shape index (κ3) is 6.20. The number of rotatable bonds is 4. The van der Waals surface area contributed by atoms with Gasteiger partial charge in [-0.3, -0.25) is 4.90 Å². The summed E-state index contributed by atoms with van der Waals surface area (Å²) in [4.78, 5) is 19.1. The zero-order valence-electron chi connectivity index (χ0n) is 23.1. The lowest BCUT2D eigenvalue weighted by Crippen LogP contribution is -2.48. The van der Waals surface area contributed by atoms with Gasteiger partial charge in [0, 0.05) is 26.2 Å². The van der Waals surface area contributed by atoms with Crippen LogP contribution in [0.1, 0.15) is 72.4 Å². The van der Waals surface area contributed by atoms with E-state index in [0.717, 1.165) is 49.2 Å². The first kappa shape index (κ1) is 29.7. The van der Waals surface area contributed by atoms with Crippen LogP contribution in [-0.2, 0) is 18.9 Å². The highest BCUT2D eigenvalue weighted by atomic mass is 19.4. The van der Waals surface area contributed by atoms with Gasteiger partial charge in [-0.15, -0.1) is 0 Å². The summed E-state index contributed by atoms with van der Waals surface area (Å²) in [7, 11) is 1.38. The van der Waals surface area contributed by atoms with Gasteiger partial charge >= 0.3 is 18.4 Å². The number of carbonyl (C=O) groups excluding carboxylic acids is 1. The Morgan fingerprint density at radius 1 is 0.927 bits per heavy atom. The molecule has 0 N–H and O–H groups in total. The summed E-state index contributed by atoms with van der Waals surface area (Å²) in [5.41, 5.74) is -1.58. The number of piperidine rings is 2. The minimum absolute atomic E-state index is 0.0286. The Bertz CT molecular complexity index is 1260. The van der Waals surface area contributed by atoms with Crippen molar-refractivity contribution < 1.29 is 35.5 Å². The normalized spacial score (nSPS) is 25.4. The van der Waals surface area contributed by atoms with Gasteiger partial charge in [0.25, 0.3) is 0 Å². The van der Waals surface area contributed by atoms with Gasteiger partial charge in [-0.2, -0.15) is 26.3 Å². The lowest BCUT2D eigenvalue weighted by molar-refractivity contribution is -0.143. The van der Waals surface area contributed by atoms with E-state index in [1.165, 1.54) is 25.6 Å². The second kappa shape index (κ2) is 10.8. The molecule has 2 saturated heterocycles. The molecule has 3 atom stereocenters. The second-order valence-electron chi connectivity index (χ2n) is 11.9. The summed E-state index contributed by atoms with van der Waals surface area (Å²) in [6.45, 7) is 3.84. The standard InChI is InChI=1S/C30H34F7N3O/c1-19-12-23(31)6-7-24(19)25-16-28(17-26(28)39-9-4-3-5-10-39)8-11-40(25)27(41)38(2)18-20-13-21(29(32,33)34)15-22(14-20)30(35,36)37/h6-7,12-15,25-26H,3-5,8-11,16-18H2,1-2H3/t25-,26-,28?/m1/s1. The monoisotopic (exact) mass is 585 g/mol. The first-order valence-electron chi connectivity index (χ1n) is 14.0. The first-order valence-corrected chi connectivity index (χ1v) is 14.0. The minimum atomic E-state index is -4.97. The number of halogens is 7. The molecule has 2 aromatic carbocycles. The molecule has 1 aliphatic carbocycles. The van der Waals surface area contributed by atoms with Gasteiger partial charge in [0.05, 0.1) is 17.2 Å². The summed E-state index contributed by atoms with van der Waals surface area (Å²) in [5, 5.41) is 0. The van der Waals surface area contributed by atoms with E-state index in [4.69, 9.17) is 0 Å². The molecule has 4 nitrogen and oxygen atoms in total. The summed E-state index contributed by atoms with van der Waals surface area (Å²) in [6, 6.07) is 5.37. The average molecular weight is 586 g/mol. The van der Waals surface area contributed by atoms with Crippen LogP contribution in [0.3, 0.4) is 0 Å². The molecule has 11 heteroatoms. The molecule has 3 aliphatic rings. The average Bonchev–Trinajstić information content (AvgIpc) is 3.60. The first-order chi connectivity index (χ1) is 19.2. The van der Waals surface area contributed by atoms with E-state index in [1.807, 2.05) is 0 Å². The van der Waals surface area contributed by atoms with Crippen LogP contribution in [0.2, 0.25) is 0 Å². The Hall–Kier alpha value is -2.82. The van der Waals surface area contributed by atoms with Crippen LogP contribution in [0.4, 0.5) is 35.5 Å². The zero-order chi connectivity index (χ0) is 29.7. The van der Waals surface area contributed by atoms with Crippen LogP contribution in [0.25, 0.3) is 0 Å². The fraction of sp³-hybridized carbons (Fsp3) is 0.567. The number of hydrogen-bond acceptors (Lipinski definition) is 2. The maximum absolute atomic E-state index is 14.0. The molecule has 2 amide bonds. The molecule has 41 heavy (non-hydrogen) atoms. The summed E-state index contributed by atoms with van der Waals surface area (Å²) < 4.78 is 94.3. The highest BCUT2D eigenvalue weighted by Gasteiger charge is 2.60. The SMILES string of the molecule is Cc1cc(F)ccc1[C@H]1CC2(CCN1C(=O)N(C)Cc1cc(C(F)(F)F)cc(C(F)(F)F)c1)C[C@H]2N1CCCCC1. The second-order valence-corrected chi connectivity index (χ2v) is 11.9. The molecule has 3 fully saturated rings. The Labute approximate surface area is 235 Å². The van der Waals surface area contributed by atoms with Gasteiger partial charge in [0.2, 0.25) is 0 Å². The topological polar surface area (TPSA) is 26.8 Å². The maximum Gasteiger partial charge on any atom is 0.416 e. The van der Waals surface area contributed by atoms with Crippen molar-refractivity contribution in [1.82, 2.24) is 14.7 Å². The Balaban J connectivity index is 1.40. The van der Waals surface area contributed by atoms with Crippen LogP contribution < -0.4 is 0 Å². The third-order valence-electron chi connectivity index (χ3n) is 9.04. The van der Waals surface area contributed by atoms with E-state index in [-0.39, 0.29) is 23.1 Å². The molecule has 2 heterocycles. The molecule has 0 aromatic heterocycles. The molecule has 0 radical (unpaired) electrons. The molecule has 1 spiro atoms. The smallest absolute Gasteiger partial charge is 0.323 e. The molecule has 1 saturated carbocycles. The van der Waals surface area contributed by atoms with Gasteiger partial charge in [-0.05, 0) is 105 Å². The van der Waals surface area contributed by atoms with Gasteiger partial charge in [-0.25, -0.2) is 9.18 Å². The lowest BCUT2D eigenvalue weighted by Gasteiger charge is -2.43. The predicted octanol–water partition coefficient (Wildman–Crippen LogP) is 7.81. The van der Waals surface area contributed by atoms with E-state index in [9.17, 15) is 35.5 Å². The number of likely N-dealkylation sites (tertiary alicyclic amines) is 2. The molecular weight excluding hydrogens is 551 g/mol. The van der Waals surface area contributed by atoms with E-state index in [2.05, 4.69) is 4.90 Å². The number of amides is 2. The maximum atomic E-state index is 14.0. The van der Waals surface area contributed by atoms with Gasteiger partial charge in [-0.1, -0.05) is 12.5 Å². The highest BCUT2D eigenvalue weighted by Crippen LogP contribution is 2.61. The van der Waals surface area contributed by atoms with Crippen LogP contribution in [0.15, 0.2) is 36.4 Å². The number of alkyl halides is 6. The number of urea groups is 1. The Kier molecular flexibility index (Phi) is 7.80. The molecular formula is C30H34F7N3O. The van der Waals surface area contributed by atoms with Crippen molar-refractivity contribution in [2.45, 2.75) is 76.4 Å². The van der Waals surface area contributed by atoms with Crippen molar-refractivity contribution in [3.05, 3.63) is 70.0 Å². The van der Waals surface area contributed by atoms with Crippen molar-refractivity contribution in [1.29, 1.82) is 0 Å². The van der Waals surface area contributed by atoms with Crippen LogP contribution in [-0.4, -0.2) is 53.5 Å². The van der Waals surface area contributed by atoms with Crippen molar-refractivity contribution in [2.75, 3.05) is 26.7 Å². The molecule has 224 valence electrons. The predicted molar refractivity (Wildman–Crippen MR) is 139 cm³/mol. The Morgan fingerprint density at radius 2 is 1.56 bits per heavy atom. The van der Waals surface area contributed by atoms with E-state index in [0.29, 0.717) is 36.7 Å². The number of aryl methyl sites for hydroxylation is 1. The van der Waals surface area contributed by atoms with Crippen molar-refractivity contribution in [2.24, 2.45) is 5.41 Å². The van der Waals surface area contributed by atoms with E-state index in [1.54, 1.807) is 17.9 Å². The summed E-state index contributed by atoms with van der Waals surface area (Å²) in [6.07, 6.45) is -3.96. The van der Waals surface area contributed by atoms with Crippen LogP contribution >= 0.6 is 0 Å². The van der Waals surface area contributed by atoms with E-state index >= 15 is 0 Å². The number of carbonyl (C=O) groups is 1. The van der Waals surface area contributed by atoms with Gasteiger partial charge < -0.3 is 9.80 Å². The van der Waals surface area contributed by atoms with Crippen LogP contribution in [0, 0.1) is 18.2 Å². The van der Waals surface area contributed by atoms with E-state index < -0.39 is 41.9 Å². The molecule has 0 bridgehead atoms. The van der Waals surface area contributed by atoms with Crippen LogP contribution in [0.5, 0.6) is 0 Å². The fourth-order valence-corrected chi connectivity index (χ4v) is 6.85. The Morgan fingerprint density at radius 3 is 2.15 bits per heavy atom. The van der Waals surface area contributed by atoms with Crippen molar-refractivity contribution in [3.8, 4) is 0 Å². The zero-order valence-corrected chi connectivity index (χ0v) is 23.1. The van der Waals surface area contributed by atoms with Gasteiger partial charge in [0.1, 0.15) is 5.82 Å². The summed E-state index contributed by atoms with van der Waals surface area (Å²) >= 11 is 0. The molecule has 5 rings (SSSR count). The quantitative estimate of drug-likeness (QED) is 0.343. The fourth-order valence-electron chi connectivity index (χ4n) is 6.85. The van der Waals surface area contributed by atoms with Crippen molar-refractivity contribution in [3.63, 3.8) is 0 Å².